The maximum Gasteiger partial charge on any atom is 0.133 e. The Morgan fingerprint density at radius 3 is 2.64 bits per heavy atom. The van der Waals surface area contributed by atoms with Crippen molar-refractivity contribution in [2.75, 3.05) is 0 Å². The average Bonchev–Trinajstić information content (AvgIpc) is 2.19. The van der Waals surface area contributed by atoms with Crippen LogP contribution in [0.4, 0.5) is 0 Å². The van der Waals surface area contributed by atoms with E-state index in [4.69, 9.17) is 5.11 Å². The van der Waals surface area contributed by atoms with Gasteiger partial charge >= 0.3 is 0 Å². The van der Waals surface area contributed by atoms with Crippen molar-refractivity contribution >= 4 is 15.9 Å². The number of aromatic hydroxyl groups is 1. The number of aromatic nitrogens is 1. The number of nitrogens with zero attached hydrogens (tertiary/aromatic N) is 1. The fraction of sp³-hybridized carbons (Fsp3) is 0. The van der Waals surface area contributed by atoms with Gasteiger partial charge in [-0.3, -0.25) is 4.98 Å². The first-order valence-electron chi connectivity index (χ1n) is 4.17. The van der Waals surface area contributed by atoms with Crippen LogP contribution in [0.25, 0.3) is 11.3 Å². The van der Waals surface area contributed by atoms with Crippen molar-refractivity contribution < 1.29 is 5.11 Å². The van der Waals surface area contributed by atoms with Gasteiger partial charge in [-0.25, -0.2) is 0 Å². The van der Waals surface area contributed by atoms with Crippen LogP contribution in [0.2, 0.25) is 0 Å². The quantitative estimate of drug-likeness (QED) is 0.842. The van der Waals surface area contributed by atoms with Crippen LogP contribution in [0.3, 0.4) is 0 Å². The molecule has 0 spiro atoms. The molecule has 0 unspecified atom stereocenters. The maximum absolute atomic E-state index is 9.09. The molecule has 0 bridgehead atoms. The molecule has 0 fully saturated rings. The van der Waals surface area contributed by atoms with Crippen LogP contribution in [-0.2, 0) is 0 Å². The molecule has 1 heterocycles. The molecule has 0 aliphatic heterocycles. The zero-order valence-corrected chi connectivity index (χ0v) is 8.90. The van der Waals surface area contributed by atoms with Gasteiger partial charge in [0.1, 0.15) is 5.75 Å². The van der Waals surface area contributed by atoms with Gasteiger partial charge in [-0.2, -0.15) is 0 Å². The first-order valence-corrected chi connectivity index (χ1v) is 4.96. The van der Waals surface area contributed by atoms with E-state index < -0.39 is 0 Å². The van der Waals surface area contributed by atoms with E-state index in [1.807, 2.05) is 24.3 Å². The second kappa shape index (κ2) is 3.80. The summed E-state index contributed by atoms with van der Waals surface area (Å²) in [6.07, 6.45) is 1.44. The zero-order chi connectivity index (χ0) is 9.97. The van der Waals surface area contributed by atoms with Crippen molar-refractivity contribution in [3.63, 3.8) is 0 Å². The van der Waals surface area contributed by atoms with E-state index in [2.05, 4.69) is 20.9 Å². The molecule has 0 saturated heterocycles. The van der Waals surface area contributed by atoms with Crippen LogP contribution in [0.15, 0.2) is 47.1 Å². The lowest BCUT2D eigenvalue weighted by Crippen LogP contribution is -1.81. The predicted molar refractivity (Wildman–Crippen MR) is 59.0 cm³/mol. The van der Waals surface area contributed by atoms with Crippen molar-refractivity contribution in [1.29, 1.82) is 0 Å². The van der Waals surface area contributed by atoms with Crippen LogP contribution in [0.5, 0.6) is 5.75 Å². The highest BCUT2D eigenvalue weighted by molar-refractivity contribution is 9.10. The lowest BCUT2D eigenvalue weighted by Gasteiger charge is -2.00. The SMILES string of the molecule is Oc1ccc(-c2cccc(Br)c2)nc1. The van der Waals surface area contributed by atoms with E-state index >= 15 is 0 Å². The first kappa shape index (κ1) is 9.21. The fourth-order valence-corrected chi connectivity index (χ4v) is 1.60. The number of pyridine rings is 1. The number of rotatable bonds is 1. The van der Waals surface area contributed by atoms with Crippen molar-refractivity contribution in [1.82, 2.24) is 4.98 Å². The average molecular weight is 250 g/mol. The lowest BCUT2D eigenvalue weighted by atomic mass is 10.1. The summed E-state index contributed by atoms with van der Waals surface area (Å²) in [5, 5.41) is 9.09. The minimum atomic E-state index is 0.184. The maximum atomic E-state index is 9.09. The van der Waals surface area contributed by atoms with Crippen molar-refractivity contribution in [3.8, 4) is 17.0 Å². The van der Waals surface area contributed by atoms with Gasteiger partial charge in [0.2, 0.25) is 0 Å². The van der Waals surface area contributed by atoms with E-state index in [9.17, 15) is 0 Å². The van der Waals surface area contributed by atoms with E-state index in [0.717, 1.165) is 15.7 Å². The Bertz CT molecular complexity index is 439. The third kappa shape index (κ3) is 1.93. The lowest BCUT2D eigenvalue weighted by molar-refractivity contribution is 0.473. The first-order chi connectivity index (χ1) is 6.75. The van der Waals surface area contributed by atoms with Crippen molar-refractivity contribution in [2.24, 2.45) is 0 Å². The molecule has 0 saturated carbocycles. The predicted octanol–water partition coefficient (Wildman–Crippen LogP) is 3.22. The molecule has 3 heteroatoms. The third-order valence-corrected chi connectivity index (χ3v) is 2.36. The Kier molecular flexibility index (Phi) is 2.50. The Hall–Kier alpha value is -1.35. The van der Waals surface area contributed by atoms with E-state index in [1.54, 1.807) is 12.1 Å². The molecule has 14 heavy (non-hydrogen) atoms. The summed E-state index contributed by atoms with van der Waals surface area (Å²) >= 11 is 3.40. The minimum Gasteiger partial charge on any atom is -0.506 e. The van der Waals surface area contributed by atoms with Gasteiger partial charge in [0.05, 0.1) is 11.9 Å². The number of halogens is 1. The summed E-state index contributed by atoms with van der Waals surface area (Å²) in [6.45, 7) is 0. The molecule has 1 aromatic heterocycles. The van der Waals surface area contributed by atoms with Crippen molar-refractivity contribution in [2.45, 2.75) is 0 Å². The van der Waals surface area contributed by atoms with Crippen LogP contribution in [-0.4, -0.2) is 10.1 Å². The number of benzene rings is 1. The van der Waals surface area contributed by atoms with Gasteiger partial charge in [0, 0.05) is 10.0 Å². The molecule has 0 atom stereocenters. The molecule has 70 valence electrons. The Labute approximate surface area is 90.4 Å². The number of hydrogen-bond donors (Lipinski definition) is 1. The van der Waals surface area contributed by atoms with Crippen LogP contribution >= 0.6 is 15.9 Å². The molecule has 1 aromatic carbocycles. The van der Waals surface area contributed by atoms with Gasteiger partial charge in [-0.1, -0.05) is 28.1 Å². The summed E-state index contributed by atoms with van der Waals surface area (Å²) in [6, 6.07) is 11.3. The molecule has 1 N–H and O–H groups in total. The summed E-state index contributed by atoms with van der Waals surface area (Å²) in [7, 11) is 0. The van der Waals surface area contributed by atoms with Crippen LogP contribution in [0.1, 0.15) is 0 Å². The molecule has 0 aliphatic carbocycles. The fourth-order valence-electron chi connectivity index (χ4n) is 1.20. The molecule has 2 nitrogen and oxygen atoms in total. The topological polar surface area (TPSA) is 33.1 Å². The summed E-state index contributed by atoms with van der Waals surface area (Å²) in [5.41, 5.74) is 1.88. The van der Waals surface area contributed by atoms with Gasteiger partial charge in [-0.15, -0.1) is 0 Å². The standard InChI is InChI=1S/C11H8BrNO/c12-9-3-1-2-8(6-9)11-5-4-10(14)7-13-11/h1-7,14H. The van der Waals surface area contributed by atoms with Gasteiger partial charge in [0.25, 0.3) is 0 Å². The molecule has 0 amide bonds. The second-order valence-corrected chi connectivity index (χ2v) is 3.83. The molecule has 2 aromatic rings. The normalized spacial score (nSPS) is 10.1. The molecular weight excluding hydrogens is 242 g/mol. The second-order valence-electron chi connectivity index (χ2n) is 2.91. The van der Waals surface area contributed by atoms with Crippen LogP contribution in [0, 0.1) is 0 Å². The van der Waals surface area contributed by atoms with Crippen molar-refractivity contribution in [3.05, 3.63) is 47.1 Å². The molecular formula is C11H8BrNO. The van der Waals surface area contributed by atoms with Gasteiger partial charge in [-0.05, 0) is 24.3 Å². The monoisotopic (exact) mass is 249 g/mol. The highest BCUT2D eigenvalue weighted by atomic mass is 79.9. The Morgan fingerprint density at radius 2 is 2.00 bits per heavy atom. The van der Waals surface area contributed by atoms with E-state index in [1.165, 1.54) is 6.20 Å². The van der Waals surface area contributed by atoms with Crippen LogP contribution < -0.4 is 0 Å². The highest BCUT2D eigenvalue weighted by Gasteiger charge is 1.98. The summed E-state index contributed by atoms with van der Waals surface area (Å²) in [4.78, 5) is 4.12. The number of hydrogen-bond acceptors (Lipinski definition) is 2. The Balaban J connectivity index is 2.44. The Morgan fingerprint density at radius 1 is 1.14 bits per heavy atom. The molecule has 0 radical (unpaired) electrons. The minimum absolute atomic E-state index is 0.184. The molecule has 2 rings (SSSR count). The van der Waals surface area contributed by atoms with E-state index in [-0.39, 0.29) is 5.75 Å². The largest absolute Gasteiger partial charge is 0.506 e. The van der Waals surface area contributed by atoms with Gasteiger partial charge < -0.3 is 5.11 Å². The van der Waals surface area contributed by atoms with Gasteiger partial charge in [0.15, 0.2) is 0 Å². The van der Waals surface area contributed by atoms with E-state index in [0.29, 0.717) is 0 Å². The summed E-state index contributed by atoms with van der Waals surface area (Å²) < 4.78 is 1.02. The highest BCUT2D eigenvalue weighted by Crippen LogP contribution is 2.22. The summed E-state index contributed by atoms with van der Waals surface area (Å²) in [5.74, 6) is 0.184. The molecule has 0 aliphatic rings. The third-order valence-electron chi connectivity index (χ3n) is 1.87. The zero-order valence-electron chi connectivity index (χ0n) is 7.31. The smallest absolute Gasteiger partial charge is 0.133 e.